The van der Waals surface area contributed by atoms with Crippen LogP contribution in [0.5, 0.6) is 5.75 Å². The lowest BCUT2D eigenvalue weighted by Gasteiger charge is -2.14. The van der Waals surface area contributed by atoms with Crippen molar-refractivity contribution in [1.82, 2.24) is 5.32 Å². The Morgan fingerprint density at radius 2 is 1.86 bits per heavy atom. The van der Waals surface area contributed by atoms with Crippen LogP contribution in [0.1, 0.15) is 29.5 Å². The molecule has 1 amide bonds. The van der Waals surface area contributed by atoms with E-state index in [1.165, 1.54) is 11.1 Å². The van der Waals surface area contributed by atoms with Crippen molar-refractivity contribution in [3.05, 3.63) is 65.2 Å². The molecule has 22 heavy (non-hydrogen) atoms. The highest BCUT2D eigenvalue weighted by atomic mass is 16.5. The molecule has 0 aliphatic carbocycles. The molecule has 0 aromatic heterocycles. The summed E-state index contributed by atoms with van der Waals surface area (Å²) in [5.74, 6) is 0.950. The van der Waals surface area contributed by atoms with Crippen LogP contribution in [0.15, 0.2) is 48.5 Å². The third kappa shape index (κ3) is 4.62. The van der Waals surface area contributed by atoms with Gasteiger partial charge in [-0.25, -0.2) is 0 Å². The standard InChI is InChI=1S/C19H23NO2/c1-14-9-10-18(15(2)11-14)22-13-19(21)20-12-16(3)17-7-5-4-6-8-17/h4-11,16H,12-13H2,1-3H3,(H,20,21). The van der Waals surface area contributed by atoms with Crippen molar-refractivity contribution in [1.29, 1.82) is 0 Å². The van der Waals surface area contributed by atoms with E-state index in [1.807, 2.05) is 50.2 Å². The van der Waals surface area contributed by atoms with Crippen molar-refractivity contribution in [3.8, 4) is 5.75 Å². The summed E-state index contributed by atoms with van der Waals surface area (Å²) in [5.41, 5.74) is 3.45. The van der Waals surface area contributed by atoms with Crippen molar-refractivity contribution in [2.45, 2.75) is 26.7 Å². The molecule has 0 aliphatic heterocycles. The predicted molar refractivity (Wildman–Crippen MR) is 89.3 cm³/mol. The summed E-state index contributed by atoms with van der Waals surface area (Å²) in [6.45, 7) is 6.78. The molecule has 1 atom stereocenters. The molecule has 2 rings (SSSR count). The topological polar surface area (TPSA) is 38.3 Å². The molecule has 0 heterocycles. The first kappa shape index (κ1) is 16.1. The first-order valence-corrected chi connectivity index (χ1v) is 7.58. The lowest BCUT2D eigenvalue weighted by atomic mass is 10.0. The number of aryl methyl sites for hydroxylation is 2. The highest BCUT2D eigenvalue weighted by Gasteiger charge is 2.08. The molecule has 2 aromatic rings. The second kappa shape index (κ2) is 7.64. The Morgan fingerprint density at radius 1 is 1.14 bits per heavy atom. The summed E-state index contributed by atoms with van der Waals surface area (Å²) in [4.78, 5) is 11.9. The molecular formula is C19H23NO2. The highest BCUT2D eigenvalue weighted by Crippen LogP contribution is 2.18. The van der Waals surface area contributed by atoms with Gasteiger partial charge < -0.3 is 10.1 Å². The van der Waals surface area contributed by atoms with Gasteiger partial charge in [0.15, 0.2) is 6.61 Å². The summed E-state index contributed by atoms with van der Waals surface area (Å²) in [7, 11) is 0. The average Bonchev–Trinajstić information content (AvgIpc) is 2.52. The van der Waals surface area contributed by atoms with E-state index in [0.717, 1.165) is 11.3 Å². The zero-order chi connectivity index (χ0) is 15.9. The molecule has 0 saturated carbocycles. The summed E-state index contributed by atoms with van der Waals surface area (Å²) in [6, 6.07) is 16.1. The third-order valence-corrected chi connectivity index (χ3v) is 3.66. The molecule has 1 unspecified atom stereocenters. The maximum Gasteiger partial charge on any atom is 0.257 e. The predicted octanol–water partition coefficient (Wildman–Crippen LogP) is 3.60. The van der Waals surface area contributed by atoms with Crippen LogP contribution in [-0.4, -0.2) is 19.1 Å². The third-order valence-electron chi connectivity index (χ3n) is 3.66. The lowest BCUT2D eigenvalue weighted by molar-refractivity contribution is -0.123. The van der Waals surface area contributed by atoms with E-state index >= 15 is 0 Å². The Bertz CT molecular complexity index is 623. The van der Waals surface area contributed by atoms with Gasteiger partial charge in [-0.1, -0.05) is 55.0 Å². The molecule has 0 fully saturated rings. The number of carbonyl (C=O) groups excluding carboxylic acids is 1. The number of nitrogens with one attached hydrogen (secondary N) is 1. The zero-order valence-electron chi connectivity index (χ0n) is 13.4. The molecule has 0 radical (unpaired) electrons. The van der Waals surface area contributed by atoms with Crippen LogP contribution in [0.2, 0.25) is 0 Å². The normalized spacial score (nSPS) is 11.8. The summed E-state index contributed by atoms with van der Waals surface area (Å²) < 4.78 is 5.58. The Labute approximate surface area is 132 Å². The van der Waals surface area contributed by atoms with E-state index in [-0.39, 0.29) is 18.4 Å². The second-order valence-electron chi connectivity index (χ2n) is 5.67. The number of ether oxygens (including phenoxy) is 1. The number of hydrogen-bond donors (Lipinski definition) is 1. The number of amides is 1. The fourth-order valence-electron chi connectivity index (χ4n) is 2.32. The number of rotatable bonds is 6. The van der Waals surface area contributed by atoms with Crippen molar-refractivity contribution >= 4 is 5.91 Å². The Kier molecular flexibility index (Phi) is 5.59. The zero-order valence-corrected chi connectivity index (χ0v) is 13.4. The minimum absolute atomic E-state index is 0.0470. The van der Waals surface area contributed by atoms with Crippen molar-refractivity contribution in [2.24, 2.45) is 0 Å². The molecule has 0 spiro atoms. The minimum Gasteiger partial charge on any atom is -0.484 e. The van der Waals surface area contributed by atoms with E-state index in [0.29, 0.717) is 6.54 Å². The van der Waals surface area contributed by atoms with Crippen molar-refractivity contribution in [3.63, 3.8) is 0 Å². The summed E-state index contributed by atoms with van der Waals surface area (Å²) in [6.07, 6.45) is 0. The molecule has 3 heteroatoms. The maximum atomic E-state index is 11.9. The van der Waals surface area contributed by atoms with Gasteiger partial charge in [0.05, 0.1) is 0 Å². The van der Waals surface area contributed by atoms with E-state index in [9.17, 15) is 4.79 Å². The van der Waals surface area contributed by atoms with Crippen LogP contribution in [0, 0.1) is 13.8 Å². The van der Waals surface area contributed by atoms with Gasteiger partial charge in [-0.05, 0) is 37.0 Å². The molecule has 1 N–H and O–H groups in total. The van der Waals surface area contributed by atoms with Crippen LogP contribution >= 0.6 is 0 Å². The fourth-order valence-corrected chi connectivity index (χ4v) is 2.32. The molecule has 0 aliphatic rings. The van der Waals surface area contributed by atoms with Crippen LogP contribution in [0.25, 0.3) is 0 Å². The smallest absolute Gasteiger partial charge is 0.257 e. The molecular weight excluding hydrogens is 274 g/mol. The molecule has 116 valence electrons. The SMILES string of the molecule is Cc1ccc(OCC(=O)NCC(C)c2ccccc2)c(C)c1. The molecule has 3 nitrogen and oxygen atoms in total. The minimum atomic E-state index is -0.0947. The van der Waals surface area contributed by atoms with E-state index < -0.39 is 0 Å². The van der Waals surface area contributed by atoms with E-state index in [1.54, 1.807) is 0 Å². The van der Waals surface area contributed by atoms with Gasteiger partial charge in [0.2, 0.25) is 0 Å². The molecule has 0 bridgehead atoms. The highest BCUT2D eigenvalue weighted by molar-refractivity contribution is 5.77. The van der Waals surface area contributed by atoms with Crippen LogP contribution in [0.4, 0.5) is 0 Å². The first-order valence-electron chi connectivity index (χ1n) is 7.58. The van der Waals surface area contributed by atoms with Gasteiger partial charge in [-0.15, -0.1) is 0 Å². The van der Waals surface area contributed by atoms with Crippen LogP contribution in [0.3, 0.4) is 0 Å². The lowest BCUT2D eigenvalue weighted by Crippen LogP contribution is -2.31. The van der Waals surface area contributed by atoms with Crippen molar-refractivity contribution < 1.29 is 9.53 Å². The van der Waals surface area contributed by atoms with Gasteiger partial charge in [0, 0.05) is 6.54 Å². The number of carbonyl (C=O) groups is 1. The van der Waals surface area contributed by atoms with Gasteiger partial charge in [0.1, 0.15) is 5.75 Å². The molecule has 2 aromatic carbocycles. The summed E-state index contributed by atoms with van der Waals surface area (Å²) >= 11 is 0. The summed E-state index contributed by atoms with van der Waals surface area (Å²) in [5, 5.41) is 2.92. The van der Waals surface area contributed by atoms with Gasteiger partial charge >= 0.3 is 0 Å². The van der Waals surface area contributed by atoms with E-state index in [2.05, 4.69) is 24.4 Å². The van der Waals surface area contributed by atoms with Crippen molar-refractivity contribution in [2.75, 3.05) is 13.2 Å². The second-order valence-corrected chi connectivity index (χ2v) is 5.67. The van der Waals surface area contributed by atoms with Crippen LogP contribution in [-0.2, 0) is 4.79 Å². The Balaban J connectivity index is 1.78. The number of hydrogen-bond acceptors (Lipinski definition) is 2. The van der Waals surface area contributed by atoms with Gasteiger partial charge in [0.25, 0.3) is 5.91 Å². The van der Waals surface area contributed by atoms with Gasteiger partial charge in [-0.2, -0.15) is 0 Å². The quantitative estimate of drug-likeness (QED) is 0.884. The average molecular weight is 297 g/mol. The van der Waals surface area contributed by atoms with Crippen LogP contribution < -0.4 is 10.1 Å². The first-order chi connectivity index (χ1) is 10.6. The monoisotopic (exact) mass is 297 g/mol. The van der Waals surface area contributed by atoms with E-state index in [4.69, 9.17) is 4.74 Å². The maximum absolute atomic E-state index is 11.9. The fraction of sp³-hybridized carbons (Fsp3) is 0.316. The molecule has 0 saturated heterocycles. The van der Waals surface area contributed by atoms with Gasteiger partial charge in [-0.3, -0.25) is 4.79 Å². The Hall–Kier alpha value is -2.29. The largest absolute Gasteiger partial charge is 0.484 e. The Morgan fingerprint density at radius 3 is 2.55 bits per heavy atom. The number of benzene rings is 2.